The Morgan fingerprint density at radius 1 is 0.302 bits per heavy atom. The third-order valence-corrected chi connectivity index (χ3v) is 12.8. The molecule has 0 N–H and O–H groups in total. The summed E-state index contributed by atoms with van der Waals surface area (Å²) in [6, 6.07) is 74.4. The molecule has 0 radical (unpaired) electrons. The fourth-order valence-electron chi connectivity index (χ4n) is 10.1. The van der Waals surface area contributed by atoms with E-state index in [1.54, 1.807) is 0 Å². The van der Waals surface area contributed by atoms with Crippen molar-refractivity contribution in [1.82, 2.24) is 15.0 Å². The van der Waals surface area contributed by atoms with Gasteiger partial charge in [-0.1, -0.05) is 182 Å². The minimum absolute atomic E-state index is 0.491. The van der Waals surface area contributed by atoms with Gasteiger partial charge in [-0.3, -0.25) is 0 Å². The molecule has 0 saturated carbocycles. The topological polar surface area (TPSA) is 57.1 Å². The normalized spacial score (nSPS) is 13.1. The summed E-state index contributed by atoms with van der Waals surface area (Å²) in [4.78, 5) is 15.5. The average molecular weight is 806 g/mol. The zero-order valence-corrected chi connectivity index (χ0v) is 33.9. The van der Waals surface area contributed by atoms with E-state index in [1.807, 2.05) is 48.5 Å². The summed E-state index contributed by atoms with van der Waals surface area (Å²) in [7, 11) is 0. The van der Waals surface area contributed by atoms with Crippen molar-refractivity contribution < 1.29 is 9.47 Å². The molecule has 5 heteroatoms. The van der Waals surface area contributed by atoms with Gasteiger partial charge in [0.2, 0.25) is 0 Å². The number of para-hydroxylation sites is 1. The molecular weight excluding hydrogens is 771 g/mol. The molecule has 1 aliphatic heterocycles. The molecule has 11 aromatic rings. The fraction of sp³-hybridized carbons (Fsp3) is 0.0172. The van der Waals surface area contributed by atoms with Crippen molar-refractivity contribution in [3.05, 3.63) is 235 Å². The van der Waals surface area contributed by atoms with Gasteiger partial charge in [-0.25, -0.2) is 15.0 Å². The summed E-state index contributed by atoms with van der Waals surface area (Å²) < 4.78 is 13.9. The van der Waals surface area contributed by atoms with Crippen LogP contribution in [0.25, 0.3) is 77.6 Å². The van der Waals surface area contributed by atoms with Gasteiger partial charge in [-0.2, -0.15) is 0 Å². The monoisotopic (exact) mass is 805 g/mol. The van der Waals surface area contributed by atoms with Crippen LogP contribution in [0.15, 0.2) is 212 Å². The molecule has 0 fully saturated rings. The predicted octanol–water partition coefficient (Wildman–Crippen LogP) is 14.6. The third-order valence-electron chi connectivity index (χ3n) is 12.8. The molecule has 0 bridgehead atoms. The molecule has 0 saturated heterocycles. The molecule has 10 aromatic carbocycles. The Labute approximate surface area is 363 Å². The summed E-state index contributed by atoms with van der Waals surface area (Å²) in [5.41, 5.74) is 8.94. The summed E-state index contributed by atoms with van der Waals surface area (Å²) in [6.45, 7) is 0. The Hall–Kier alpha value is -8.41. The van der Waals surface area contributed by atoms with E-state index < -0.39 is 5.41 Å². The average Bonchev–Trinajstić information content (AvgIpc) is 3.65. The van der Waals surface area contributed by atoms with Gasteiger partial charge in [0.25, 0.3) is 0 Å². The molecule has 13 rings (SSSR count). The zero-order valence-electron chi connectivity index (χ0n) is 33.9. The summed E-state index contributed by atoms with van der Waals surface area (Å²) in [5, 5.41) is 7.19. The maximum atomic E-state index is 7.00. The van der Waals surface area contributed by atoms with Crippen LogP contribution in [0.3, 0.4) is 0 Å². The lowest BCUT2D eigenvalue weighted by Crippen LogP contribution is -2.28. The second kappa shape index (κ2) is 13.8. The second-order valence-electron chi connectivity index (χ2n) is 16.2. The van der Waals surface area contributed by atoms with Gasteiger partial charge in [-0.15, -0.1) is 0 Å². The van der Waals surface area contributed by atoms with Crippen molar-refractivity contribution in [3.8, 4) is 68.3 Å². The lowest BCUT2D eigenvalue weighted by molar-refractivity contribution is 0.360. The maximum absolute atomic E-state index is 7.00. The quantitative estimate of drug-likeness (QED) is 0.162. The van der Waals surface area contributed by atoms with E-state index in [4.69, 9.17) is 24.4 Å². The van der Waals surface area contributed by atoms with Gasteiger partial charge in [0.1, 0.15) is 0 Å². The number of rotatable bonds is 5. The predicted molar refractivity (Wildman–Crippen MR) is 253 cm³/mol. The molecule has 294 valence electrons. The number of fused-ring (bicyclic) bond motifs is 11. The Morgan fingerprint density at radius 3 is 1.51 bits per heavy atom. The van der Waals surface area contributed by atoms with Crippen molar-refractivity contribution in [1.29, 1.82) is 0 Å². The van der Waals surface area contributed by atoms with Crippen LogP contribution in [0.5, 0.6) is 23.0 Å². The Morgan fingerprint density at radius 2 is 0.825 bits per heavy atom. The van der Waals surface area contributed by atoms with E-state index in [2.05, 4.69) is 164 Å². The number of ether oxygens (including phenoxy) is 2. The number of nitrogens with zero attached hydrogens (tertiary/aromatic N) is 3. The van der Waals surface area contributed by atoms with Crippen molar-refractivity contribution in [2.24, 2.45) is 0 Å². The molecule has 1 aliphatic carbocycles. The minimum Gasteiger partial charge on any atom is -0.449 e. The first-order valence-corrected chi connectivity index (χ1v) is 21.3. The van der Waals surface area contributed by atoms with E-state index in [1.165, 1.54) is 43.6 Å². The lowest BCUT2D eigenvalue weighted by atomic mass is 9.67. The SMILES string of the molecule is c1ccc(-c2nc(-c3ccc4c5ccccc5c5ccccc5c4c3)nc(-c3cccc4c3Oc3cc5c(cc3O4)C(c3ccccc3)(c3ccccc3)c3ccccc3-5)n2)cc1. The van der Waals surface area contributed by atoms with Crippen molar-refractivity contribution in [2.45, 2.75) is 5.41 Å². The van der Waals surface area contributed by atoms with E-state index >= 15 is 0 Å². The highest BCUT2D eigenvalue weighted by atomic mass is 16.6. The molecule has 2 heterocycles. The van der Waals surface area contributed by atoms with Crippen molar-refractivity contribution >= 4 is 32.3 Å². The van der Waals surface area contributed by atoms with Crippen molar-refractivity contribution in [2.75, 3.05) is 0 Å². The lowest BCUT2D eigenvalue weighted by Gasteiger charge is -2.34. The van der Waals surface area contributed by atoms with Crippen molar-refractivity contribution in [3.63, 3.8) is 0 Å². The molecular formula is C58H35N3O2. The fourth-order valence-corrected chi connectivity index (χ4v) is 10.1. The molecule has 2 aliphatic rings. The molecule has 0 amide bonds. The van der Waals surface area contributed by atoms with Crippen LogP contribution in [0, 0.1) is 0 Å². The van der Waals surface area contributed by atoms with Crippen LogP contribution in [-0.4, -0.2) is 15.0 Å². The van der Waals surface area contributed by atoms with Gasteiger partial charge >= 0.3 is 0 Å². The van der Waals surface area contributed by atoms with E-state index in [0.717, 1.165) is 33.2 Å². The highest BCUT2D eigenvalue weighted by Gasteiger charge is 2.47. The van der Waals surface area contributed by atoms with Gasteiger partial charge in [-0.05, 0) is 96.0 Å². The molecule has 1 aromatic heterocycles. The number of benzene rings is 10. The summed E-state index contributed by atoms with van der Waals surface area (Å²) in [6.07, 6.45) is 0. The van der Waals surface area contributed by atoms with E-state index in [-0.39, 0.29) is 0 Å². The van der Waals surface area contributed by atoms with Crippen LogP contribution in [0.1, 0.15) is 22.3 Å². The Balaban J connectivity index is 0.977. The van der Waals surface area contributed by atoms with Crippen LogP contribution < -0.4 is 9.47 Å². The second-order valence-corrected chi connectivity index (χ2v) is 16.2. The first kappa shape index (κ1) is 35.4. The largest absolute Gasteiger partial charge is 0.449 e. The summed E-state index contributed by atoms with van der Waals surface area (Å²) in [5.74, 6) is 4.06. The first-order valence-electron chi connectivity index (χ1n) is 21.3. The summed E-state index contributed by atoms with van der Waals surface area (Å²) >= 11 is 0. The van der Waals surface area contributed by atoms with Gasteiger partial charge in [0.15, 0.2) is 40.5 Å². The highest BCUT2D eigenvalue weighted by Crippen LogP contribution is 2.60. The standard InChI is InChI=1S/C58H35N3O2/c1-4-17-36(18-5-1)55-59-56(37-31-32-44-42-25-11-10-23-40(42)41-24-12-13-26-43(41)47(44)33-37)61-57(60-55)46-28-16-30-51-54(46)63-52-34-48-45-27-14-15-29-49(45)58(38-19-6-2-7-20-38,39-21-8-3-9-22-39)50(48)35-53(52)62-51/h1-35H. The Kier molecular flexibility index (Phi) is 7.75. The van der Waals surface area contributed by atoms with Crippen LogP contribution in [0.2, 0.25) is 0 Å². The molecule has 0 atom stereocenters. The Bertz CT molecular complexity index is 3550. The van der Waals surface area contributed by atoms with Gasteiger partial charge in [0.05, 0.1) is 11.0 Å². The number of hydrogen-bond donors (Lipinski definition) is 0. The van der Waals surface area contributed by atoms with Crippen LogP contribution >= 0.6 is 0 Å². The highest BCUT2D eigenvalue weighted by molar-refractivity contribution is 6.25. The number of hydrogen-bond acceptors (Lipinski definition) is 5. The maximum Gasteiger partial charge on any atom is 0.181 e. The van der Waals surface area contributed by atoms with Gasteiger partial charge < -0.3 is 9.47 Å². The minimum atomic E-state index is -0.563. The molecule has 63 heavy (non-hydrogen) atoms. The smallest absolute Gasteiger partial charge is 0.181 e. The molecule has 0 spiro atoms. The van der Waals surface area contributed by atoms with E-state index in [0.29, 0.717) is 46.0 Å². The van der Waals surface area contributed by atoms with Crippen LogP contribution in [0.4, 0.5) is 0 Å². The first-order chi connectivity index (χ1) is 31.2. The molecule has 0 unspecified atom stereocenters. The van der Waals surface area contributed by atoms with Gasteiger partial charge in [0, 0.05) is 11.1 Å². The molecule has 5 nitrogen and oxygen atoms in total. The third kappa shape index (κ3) is 5.33. The zero-order chi connectivity index (χ0) is 41.5. The van der Waals surface area contributed by atoms with E-state index in [9.17, 15) is 0 Å². The van der Waals surface area contributed by atoms with Crippen LogP contribution in [-0.2, 0) is 5.41 Å². The number of aromatic nitrogens is 3.